The van der Waals surface area contributed by atoms with E-state index in [2.05, 4.69) is 10.6 Å². The van der Waals surface area contributed by atoms with Crippen molar-refractivity contribution in [2.45, 2.75) is 19.1 Å². The van der Waals surface area contributed by atoms with Crippen LogP contribution in [0.3, 0.4) is 0 Å². The Balaban J connectivity index is 0.00000243. The SMILES string of the molecule is Cl.O=C(CC1COCCN1)Nc1ccc(OCc2ccccc2F)cc1. The van der Waals surface area contributed by atoms with E-state index in [1.807, 2.05) is 0 Å². The highest BCUT2D eigenvalue weighted by Crippen LogP contribution is 2.18. The first-order valence-corrected chi connectivity index (χ1v) is 8.28. The van der Waals surface area contributed by atoms with Gasteiger partial charge in [-0.25, -0.2) is 4.39 Å². The average Bonchev–Trinajstić information content (AvgIpc) is 2.63. The summed E-state index contributed by atoms with van der Waals surface area (Å²) in [6.07, 6.45) is 0.367. The van der Waals surface area contributed by atoms with E-state index in [-0.39, 0.29) is 36.8 Å². The van der Waals surface area contributed by atoms with Crippen LogP contribution in [0.25, 0.3) is 0 Å². The molecule has 0 spiro atoms. The van der Waals surface area contributed by atoms with Crippen molar-refractivity contribution < 1.29 is 18.7 Å². The minimum Gasteiger partial charge on any atom is -0.489 e. The lowest BCUT2D eigenvalue weighted by Gasteiger charge is -2.23. The summed E-state index contributed by atoms with van der Waals surface area (Å²) in [6.45, 7) is 2.17. The third-order valence-corrected chi connectivity index (χ3v) is 3.92. The molecule has 3 rings (SSSR count). The van der Waals surface area contributed by atoms with Crippen LogP contribution in [0.2, 0.25) is 0 Å². The van der Waals surface area contributed by atoms with Crippen molar-refractivity contribution >= 4 is 24.0 Å². The predicted octanol–water partition coefficient (Wildman–Crippen LogP) is 3.14. The van der Waals surface area contributed by atoms with Crippen LogP contribution in [-0.2, 0) is 16.1 Å². The first kappa shape index (κ1) is 20.2. The maximum Gasteiger partial charge on any atom is 0.226 e. The average molecular weight is 381 g/mol. The third-order valence-electron chi connectivity index (χ3n) is 3.92. The highest BCUT2D eigenvalue weighted by atomic mass is 35.5. The van der Waals surface area contributed by atoms with E-state index in [0.717, 1.165) is 6.54 Å². The molecule has 1 saturated heterocycles. The number of ether oxygens (including phenoxy) is 2. The molecule has 7 heteroatoms. The number of carbonyl (C=O) groups is 1. The molecular formula is C19H22ClFN2O3. The van der Waals surface area contributed by atoms with E-state index in [9.17, 15) is 9.18 Å². The van der Waals surface area contributed by atoms with Crippen molar-refractivity contribution in [2.75, 3.05) is 25.1 Å². The molecule has 2 aromatic carbocycles. The second-order valence-corrected chi connectivity index (χ2v) is 5.88. The summed E-state index contributed by atoms with van der Waals surface area (Å²) >= 11 is 0. The number of hydrogen-bond acceptors (Lipinski definition) is 4. The molecule has 0 saturated carbocycles. The van der Waals surface area contributed by atoms with Crippen molar-refractivity contribution in [2.24, 2.45) is 0 Å². The lowest BCUT2D eigenvalue weighted by Crippen LogP contribution is -2.43. The molecule has 1 fully saturated rings. The highest BCUT2D eigenvalue weighted by molar-refractivity contribution is 5.91. The van der Waals surface area contributed by atoms with Crippen LogP contribution in [-0.4, -0.2) is 31.7 Å². The topological polar surface area (TPSA) is 59.6 Å². The van der Waals surface area contributed by atoms with Gasteiger partial charge in [0, 0.05) is 30.3 Å². The number of hydrogen-bond donors (Lipinski definition) is 2. The number of amides is 1. The summed E-state index contributed by atoms with van der Waals surface area (Å²) in [7, 11) is 0. The molecule has 1 atom stereocenters. The number of nitrogens with one attached hydrogen (secondary N) is 2. The zero-order valence-corrected chi connectivity index (χ0v) is 15.1. The predicted molar refractivity (Wildman–Crippen MR) is 100 cm³/mol. The van der Waals surface area contributed by atoms with Crippen molar-refractivity contribution in [3.63, 3.8) is 0 Å². The van der Waals surface area contributed by atoms with E-state index >= 15 is 0 Å². The first-order chi connectivity index (χ1) is 12.2. The van der Waals surface area contributed by atoms with Crippen LogP contribution in [0.15, 0.2) is 48.5 Å². The molecule has 1 amide bonds. The van der Waals surface area contributed by atoms with Gasteiger partial charge in [0.1, 0.15) is 18.2 Å². The van der Waals surface area contributed by atoms with Gasteiger partial charge >= 0.3 is 0 Å². The molecule has 26 heavy (non-hydrogen) atoms. The fourth-order valence-electron chi connectivity index (χ4n) is 2.60. The van der Waals surface area contributed by atoms with E-state index < -0.39 is 0 Å². The number of halogens is 2. The number of morpholine rings is 1. The molecule has 0 bridgehead atoms. The second kappa shape index (κ2) is 10.1. The summed E-state index contributed by atoms with van der Waals surface area (Å²) in [6, 6.07) is 13.6. The van der Waals surface area contributed by atoms with E-state index in [1.165, 1.54) is 6.07 Å². The molecular weight excluding hydrogens is 359 g/mol. The summed E-state index contributed by atoms with van der Waals surface area (Å²) < 4.78 is 24.5. The Bertz CT molecular complexity index is 706. The van der Waals surface area contributed by atoms with E-state index in [4.69, 9.17) is 9.47 Å². The Kier molecular flexibility index (Phi) is 7.84. The van der Waals surface area contributed by atoms with Crippen molar-refractivity contribution in [3.05, 3.63) is 59.9 Å². The summed E-state index contributed by atoms with van der Waals surface area (Å²) in [5, 5.41) is 6.09. The van der Waals surface area contributed by atoms with Gasteiger partial charge in [-0.15, -0.1) is 12.4 Å². The Morgan fingerprint density at radius 3 is 2.69 bits per heavy atom. The summed E-state index contributed by atoms with van der Waals surface area (Å²) in [5.74, 6) is 0.262. The van der Waals surface area contributed by atoms with Crippen LogP contribution in [0.5, 0.6) is 5.75 Å². The van der Waals surface area contributed by atoms with Gasteiger partial charge in [-0.05, 0) is 30.3 Å². The number of benzene rings is 2. The normalized spacial score (nSPS) is 16.4. The van der Waals surface area contributed by atoms with Gasteiger partial charge in [-0.3, -0.25) is 4.79 Å². The van der Waals surface area contributed by atoms with Gasteiger partial charge in [0.2, 0.25) is 5.91 Å². The Morgan fingerprint density at radius 2 is 2.00 bits per heavy atom. The Hall–Kier alpha value is -2.15. The third kappa shape index (κ3) is 5.98. The van der Waals surface area contributed by atoms with Gasteiger partial charge in [0.05, 0.1) is 13.2 Å². The number of rotatable bonds is 6. The standard InChI is InChI=1S/C19H21FN2O3.ClH/c20-18-4-2-1-3-14(18)12-25-17-7-5-15(6-8-17)22-19(23)11-16-13-24-10-9-21-16;/h1-8,16,21H,9-13H2,(H,22,23);1H. The minimum atomic E-state index is -0.285. The van der Waals surface area contributed by atoms with E-state index in [1.54, 1.807) is 42.5 Å². The van der Waals surface area contributed by atoms with Gasteiger partial charge in [-0.2, -0.15) is 0 Å². The number of carbonyl (C=O) groups excluding carboxylic acids is 1. The molecule has 1 aliphatic rings. The van der Waals surface area contributed by atoms with Crippen LogP contribution < -0.4 is 15.4 Å². The van der Waals surface area contributed by atoms with Crippen LogP contribution >= 0.6 is 12.4 Å². The van der Waals surface area contributed by atoms with Crippen LogP contribution in [0.4, 0.5) is 10.1 Å². The molecule has 1 aliphatic heterocycles. The largest absolute Gasteiger partial charge is 0.489 e. The maximum atomic E-state index is 13.6. The molecule has 1 heterocycles. The lowest BCUT2D eigenvalue weighted by atomic mass is 10.2. The van der Waals surface area contributed by atoms with Crippen molar-refractivity contribution in [1.29, 1.82) is 0 Å². The van der Waals surface area contributed by atoms with Crippen LogP contribution in [0, 0.1) is 5.82 Å². The van der Waals surface area contributed by atoms with Gasteiger partial charge < -0.3 is 20.1 Å². The molecule has 2 aromatic rings. The zero-order chi connectivity index (χ0) is 17.5. The minimum absolute atomic E-state index is 0. The zero-order valence-electron chi connectivity index (χ0n) is 14.2. The summed E-state index contributed by atoms with van der Waals surface area (Å²) in [4.78, 5) is 12.0. The van der Waals surface area contributed by atoms with Gasteiger partial charge in [0.25, 0.3) is 0 Å². The molecule has 0 radical (unpaired) electrons. The first-order valence-electron chi connectivity index (χ1n) is 8.28. The fraction of sp³-hybridized carbons (Fsp3) is 0.316. The summed E-state index contributed by atoms with van der Waals surface area (Å²) in [5.41, 5.74) is 1.20. The van der Waals surface area contributed by atoms with Crippen LogP contribution in [0.1, 0.15) is 12.0 Å². The molecule has 2 N–H and O–H groups in total. The smallest absolute Gasteiger partial charge is 0.226 e. The monoisotopic (exact) mass is 380 g/mol. The van der Waals surface area contributed by atoms with Crippen molar-refractivity contribution in [3.8, 4) is 5.75 Å². The highest BCUT2D eigenvalue weighted by Gasteiger charge is 2.16. The molecule has 5 nitrogen and oxygen atoms in total. The molecule has 0 aromatic heterocycles. The quantitative estimate of drug-likeness (QED) is 0.808. The van der Waals surface area contributed by atoms with Crippen molar-refractivity contribution in [1.82, 2.24) is 5.32 Å². The van der Waals surface area contributed by atoms with E-state index in [0.29, 0.717) is 36.6 Å². The molecule has 1 unspecified atom stereocenters. The Labute approximate surface area is 158 Å². The molecule has 0 aliphatic carbocycles. The number of anilines is 1. The van der Waals surface area contributed by atoms with Gasteiger partial charge in [0.15, 0.2) is 0 Å². The lowest BCUT2D eigenvalue weighted by molar-refractivity contribution is -0.117. The van der Waals surface area contributed by atoms with Gasteiger partial charge in [-0.1, -0.05) is 18.2 Å². The second-order valence-electron chi connectivity index (χ2n) is 5.88. The molecule has 140 valence electrons. The maximum absolute atomic E-state index is 13.6. The fourth-order valence-corrected chi connectivity index (χ4v) is 2.60. The Morgan fingerprint density at radius 1 is 1.23 bits per heavy atom.